The van der Waals surface area contributed by atoms with E-state index >= 15 is 0 Å². The summed E-state index contributed by atoms with van der Waals surface area (Å²) in [5.74, 6) is 2.36. The second-order valence-electron chi connectivity index (χ2n) is 6.30. The van der Waals surface area contributed by atoms with Crippen LogP contribution in [0.15, 0.2) is 30.9 Å². The number of piperidine rings is 1. The van der Waals surface area contributed by atoms with E-state index < -0.39 is 0 Å². The van der Waals surface area contributed by atoms with Crippen molar-refractivity contribution in [2.45, 2.75) is 45.1 Å². The van der Waals surface area contributed by atoms with Crippen LogP contribution in [0.25, 0.3) is 11.0 Å². The smallest absolute Gasteiger partial charge is 0.113 e. The van der Waals surface area contributed by atoms with E-state index in [9.17, 15) is 0 Å². The molecule has 21 heavy (non-hydrogen) atoms. The molecule has 0 aliphatic carbocycles. The van der Waals surface area contributed by atoms with E-state index in [1.165, 1.54) is 29.7 Å². The van der Waals surface area contributed by atoms with Gasteiger partial charge in [0.05, 0.1) is 11.0 Å². The second kappa shape index (κ2) is 6.02. The summed E-state index contributed by atoms with van der Waals surface area (Å²) in [6.07, 6.45) is 4.33. The van der Waals surface area contributed by atoms with Gasteiger partial charge >= 0.3 is 0 Å². The summed E-state index contributed by atoms with van der Waals surface area (Å²) in [4.78, 5) is 4.99. The monoisotopic (exact) mass is 283 g/mol. The first kappa shape index (κ1) is 14.3. The van der Waals surface area contributed by atoms with Crippen LogP contribution in [0, 0.1) is 0 Å². The van der Waals surface area contributed by atoms with Crippen LogP contribution in [0.3, 0.4) is 0 Å². The van der Waals surface area contributed by atoms with Gasteiger partial charge in [-0.2, -0.15) is 0 Å². The van der Waals surface area contributed by atoms with Crippen LogP contribution >= 0.6 is 0 Å². The van der Waals surface area contributed by atoms with E-state index in [1.807, 2.05) is 6.08 Å². The molecule has 1 aliphatic heterocycles. The molecule has 1 aromatic heterocycles. The lowest BCUT2D eigenvalue weighted by molar-refractivity contribution is 0.436. The molecule has 1 aliphatic rings. The van der Waals surface area contributed by atoms with Crippen LogP contribution in [0.1, 0.15) is 49.9 Å². The molecule has 3 heteroatoms. The molecule has 0 saturated carbocycles. The van der Waals surface area contributed by atoms with Gasteiger partial charge < -0.3 is 9.88 Å². The number of allylic oxidation sites excluding steroid dienone is 1. The van der Waals surface area contributed by atoms with Crippen LogP contribution in [0.5, 0.6) is 0 Å². The minimum absolute atomic E-state index is 0.543. The average molecular weight is 283 g/mol. The molecule has 2 aromatic rings. The predicted octanol–water partition coefficient (Wildman–Crippen LogP) is 3.81. The summed E-state index contributed by atoms with van der Waals surface area (Å²) in [5.41, 5.74) is 3.74. The Morgan fingerprint density at radius 3 is 2.81 bits per heavy atom. The largest absolute Gasteiger partial charge is 0.324 e. The highest BCUT2D eigenvalue weighted by Gasteiger charge is 2.22. The highest BCUT2D eigenvalue weighted by atomic mass is 15.1. The minimum Gasteiger partial charge on any atom is -0.324 e. The molecule has 3 rings (SSSR count). The molecule has 0 unspecified atom stereocenters. The molecule has 112 valence electrons. The maximum absolute atomic E-state index is 4.99. The van der Waals surface area contributed by atoms with Gasteiger partial charge in [0.2, 0.25) is 0 Å². The van der Waals surface area contributed by atoms with Gasteiger partial charge in [0.25, 0.3) is 0 Å². The van der Waals surface area contributed by atoms with Gasteiger partial charge in [-0.3, -0.25) is 0 Å². The molecular weight excluding hydrogens is 258 g/mol. The van der Waals surface area contributed by atoms with E-state index in [0.717, 1.165) is 25.2 Å². The van der Waals surface area contributed by atoms with Crippen molar-refractivity contribution in [3.05, 3.63) is 42.2 Å². The Bertz CT molecular complexity index is 633. The van der Waals surface area contributed by atoms with Crippen LogP contribution < -0.4 is 5.32 Å². The molecule has 1 N–H and O–H groups in total. The Labute approximate surface area is 127 Å². The number of rotatable bonds is 4. The molecular formula is C18H25N3. The fourth-order valence-corrected chi connectivity index (χ4v) is 3.24. The number of imidazole rings is 1. The van der Waals surface area contributed by atoms with Crippen molar-refractivity contribution < 1.29 is 0 Å². The summed E-state index contributed by atoms with van der Waals surface area (Å²) in [5, 5.41) is 3.44. The van der Waals surface area contributed by atoms with Gasteiger partial charge in [0.1, 0.15) is 5.82 Å². The van der Waals surface area contributed by atoms with Gasteiger partial charge in [-0.05, 0) is 49.5 Å². The number of hydrogen-bond donors (Lipinski definition) is 1. The third-order valence-electron chi connectivity index (χ3n) is 4.48. The maximum Gasteiger partial charge on any atom is 0.113 e. The third kappa shape index (κ3) is 2.75. The summed E-state index contributed by atoms with van der Waals surface area (Å²) in [6.45, 7) is 11.4. The Kier molecular flexibility index (Phi) is 4.11. The predicted molar refractivity (Wildman–Crippen MR) is 88.9 cm³/mol. The fraction of sp³-hybridized carbons (Fsp3) is 0.500. The van der Waals surface area contributed by atoms with Gasteiger partial charge in [-0.25, -0.2) is 4.98 Å². The highest BCUT2D eigenvalue weighted by Crippen LogP contribution is 2.29. The lowest BCUT2D eigenvalue weighted by Crippen LogP contribution is -2.28. The van der Waals surface area contributed by atoms with Crippen molar-refractivity contribution in [3.8, 4) is 0 Å². The van der Waals surface area contributed by atoms with Crippen LogP contribution in [-0.4, -0.2) is 22.6 Å². The number of aromatic nitrogens is 2. The van der Waals surface area contributed by atoms with E-state index in [0.29, 0.717) is 11.8 Å². The quantitative estimate of drug-likeness (QED) is 0.865. The standard InChI is InChI=1S/C18H25N3/c1-4-11-21-17-6-5-15(13(2)3)12-16(17)20-18(21)14-7-9-19-10-8-14/h4-6,12-14,19H,1,7-11H2,2-3H3. The van der Waals surface area contributed by atoms with E-state index in [-0.39, 0.29) is 0 Å². The molecule has 1 aromatic carbocycles. The minimum atomic E-state index is 0.543. The summed E-state index contributed by atoms with van der Waals surface area (Å²) in [6, 6.07) is 6.72. The van der Waals surface area contributed by atoms with Crippen LogP contribution in [-0.2, 0) is 6.54 Å². The van der Waals surface area contributed by atoms with Crippen molar-refractivity contribution in [1.82, 2.24) is 14.9 Å². The van der Waals surface area contributed by atoms with Crippen molar-refractivity contribution in [1.29, 1.82) is 0 Å². The zero-order valence-electron chi connectivity index (χ0n) is 13.1. The first-order valence-electron chi connectivity index (χ1n) is 8.02. The maximum atomic E-state index is 4.99. The summed E-state index contributed by atoms with van der Waals surface area (Å²) in [7, 11) is 0. The van der Waals surface area contributed by atoms with Crippen molar-refractivity contribution >= 4 is 11.0 Å². The van der Waals surface area contributed by atoms with Crippen LogP contribution in [0.2, 0.25) is 0 Å². The van der Waals surface area contributed by atoms with Crippen molar-refractivity contribution in [2.75, 3.05) is 13.1 Å². The van der Waals surface area contributed by atoms with Crippen molar-refractivity contribution in [3.63, 3.8) is 0 Å². The molecule has 0 amide bonds. The summed E-state index contributed by atoms with van der Waals surface area (Å²) < 4.78 is 2.35. The van der Waals surface area contributed by atoms with Crippen LogP contribution in [0.4, 0.5) is 0 Å². The fourth-order valence-electron chi connectivity index (χ4n) is 3.24. The Morgan fingerprint density at radius 1 is 1.38 bits per heavy atom. The van der Waals surface area contributed by atoms with Gasteiger partial charge in [-0.1, -0.05) is 26.0 Å². The number of benzene rings is 1. The molecule has 0 spiro atoms. The molecule has 2 heterocycles. The molecule has 1 saturated heterocycles. The number of fused-ring (bicyclic) bond motifs is 1. The first-order valence-corrected chi connectivity index (χ1v) is 8.02. The number of nitrogens with zero attached hydrogens (tertiary/aromatic N) is 2. The zero-order chi connectivity index (χ0) is 14.8. The lowest BCUT2D eigenvalue weighted by Gasteiger charge is -2.22. The molecule has 1 fully saturated rings. The van der Waals surface area contributed by atoms with E-state index in [4.69, 9.17) is 4.98 Å². The number of nitrogens with one attached hydrogen (secondary N) is 1. The Hall–Kier alpha value is -1.61. The normalized spacial score (nSPS) is 16.7. The molecule has 0 radical (unpaired) electrons. The molecule has 0 atom stereocenters. The van der Waals surface area contributed by atoms with E-state index in [1.54, 1.807) is 0 Å². The third-order valence-corrected chi connectivity index (χ3v) is 4.48. The van der Waals surface area contributed by atoms with Gasteiger partial charge in [0, 0.05) is 12.5 Å². The van der Waals surface area contributed by atoms with E-state index in [2.05, 4.69) is 48.5 Å². The Morgan fingerprint density at radius 2 is 2.14 bits per heavy atom. The highest BCUT2D eigenvalue weighted by molar-refractivity contribution is 5.77. The average Bonchev–Trinajstić information content (AvgIpc) is 2.86. The van der Waals surface area contributed by atoms with Gasteiger partial charge in [-0.15, -0.1) is 6.58 Å². The zero-order valence-corrected chi connectivity index (χ0v) is 13.1. The SMILES string of the molecule is C=CCn1c(C2CCNCC2)nc2cc(C(C)C)ccc21. The first-order chi connectivity index (χ1) is 10.2. The van der Waals surface area contributed by atoms with Gasteiger partial charge in [0.15, 0.2) is 0 Å². The summed E-state index contributed by atoms with van der Waals surface area (Å²) >= 11 is 0. The molecule has 0 bridgehead atoms. The Balaban J connectivity index is 2.08. The molecule has 3 nitrogen and oxygen atoms in total. The number of hydrogen-bond acceptors (Lipinski definition) is 2. The van der Waals surface area contributed by atoms with Crippen molar-refractivity contribution in [2.24, 2.45) is 0 Å². The topological polar surface area (TPSA) is 29.9 Å². The lowest BCUT2D eigenvalue weighted by atomic mass is 9.97. The second-order valence-corrected chi connectivity index (χ2v) is 6.30.